The van der Waals surface area contributed by atoms with Crippen LogP contribution in [-0.4, -0.2) is 17.1 Å². The Bertz CT molecular complexity index is 701. The van der Waals surface area contributed by atoms with Gasteiger partial charge in [-0.3, -0.25) is 4.79 Å². The van der Waals surface area contributed by atoms with Crippen LogP contribution in [0.3, 0.4) is 0 Å². The zero-order valence-corrected chi connectivity index (χ0v) is 20.5. The van der Waals surface area contributed by atoms with Gasteiger partial charge >= 0.3 is 0 Å². The molecule has 0 aromatic carbocycles. The summed E-state index contributed by atoms with van der Waals surface area (Å²) in [6.07, 6.45) is 16.6. The summed E-state index contributed by atoms with van der Waals surface area (Å²) in [5, 5.41) is 10.2. The molecule has 3 fully saturated rings. The molecule has 0 radical (unpaired) electrons. The molecule has 9 atom stereocenters. The molecule has 31 heavy (non-hydrogen) atoms. The molecule has 0 aliphatic heterocycles. The summed E-state index contributed by atoms with van der Waals surface area (Å²) < 4.78 is 0. The molecule has 0 bridgehead atoms. The van der Waals surface area contributed by atoms with Gasteiger partial charge in [0.1, 0.15) is 0 Å². The van der Waals surface area contributed by atoms with E-state index in [0.717, 1.165) is 48.9 Å². The van der Waals surface area contributed by atoms with Crippen molar-refractivity contribution in [1.29, 1.82) is 0 Å². The van der Waals surface area contributed by atoms with Gasteiger partial charge in [0.25, 0.3) is 0 Å². The maximum absolute atomic E-state index is 11.2. The quantitative estimate of drug-likeness (QED) is 0.470. The van der Waals surface area contributed by atoms with Crippen molar-refractivity contribution in [3.8, 4) is 0 Å². The molecule has 3 saturated carbocycles. The Balaban J connectivity index is 1.41. The van der Waals surface area contributed by atoms with Gasteiger partial charge in [-0.15, -0.1) is 0 Å². The SMILES string of the molecule is CC(CCC[C@@H](C)[C@H]1CC[C@H]2[C@@H]3CC=C4C[C@H](O)CC[C@]4(C)[C@H]3CC[C@]12C)CC(N)=O. The van der Waals surface area contributed by atoms with Crippen molar-refractivity contribution in [2.45, 2.75) is 111 Å². The number of carbonyl (C=O) groups is 1. The zero-order chi connectivity index (χ0) is 22.4. The second-order valence-corrected chi connectivity index (χ2v) is 12.6. The Labute approximate surface area is 190 Å². The number of amides is 1. The summed E-state index contributed by atoms with van der Waals surface area (Å²) in [7, 11) is 0. The highest BCUT2D eigenvalue weighted by Crippen LogP contribution is 2.67. The van der Waals surface area contributed by atoms with Crippen LogP contribution in [0.1, 0.15) is 105 Å². The molecule has 3 nitrogen and oxygen atoms in total. The van der Waals surface area contributed by atoms with Crippen LogP contribution in [0.25, 0.3) is 0 Å². The smallest absolute Gasteiger partial charge is 0.217 e. The average Bonchev–Trinajstić information content (AvgIpc) is 3.05. The first-order chi connectivity index (χ1) is 14.6. The van der Waals surface area contributed by atoms with Crippen LogP contribution in [0.5, 0.6) is 0 Å². The number of carbonyl (C=O) groups excluding carboxylic acids is 1. The summed E-state index contributed by atoms with van der Waals surface area (Å²) in [6.45, 7) is 9.85. The number of rotatable bonds is 7. The first kappa shape index (κ1) is 23.3. The number of nitrogens with two attached hydrogens (primary N) is 1. The Kier molecular flexibility index (Phi) is 6.65. The number of allylic oxidation sites excluding steroid dienone is 1. The van der Waals surface area contributed by atoms with Crippen molar-refractivity contribution in [2.75, 3.05) is 0 Å². The molecule has 3 N–H and O–H groups in total. The van der Waals surface area contributed by atoms with Crippen molar-refractivity contribution in [2.24, 2.45) is 52.1 Å². The van der Waals surface area contributed by atoms with E-state index < -0.39 is 0 Å². The van der Waals surface area contributed by atoms with E-state index in [-0.39, 0.29) is 12.0 Å². The lowest BCUT2D eigenvalue weighted by molar-refractivity contribution is -0.118. The maximum Gasteiger partial charge on any atom is 0.217 e. The molecule has 176 valence electrons. The van der Waals surface area contributed by atoms with Gasteiger partial charge in [-0.1, -0.05) is 58.6 Å². The normalized spacial score (nSPS) is 43.9. The van der Waals surface area contributed by atoms with Crippen molar-refractivity contribution >= 4 is 5.91 Å². The number of aliphatic hydroxyl groups excluding tert-OH is 1. The highest BCUT2D eigenvalue weighted by atomic mass is 16.3. The lowest BCUT2D eigenvalue weighted by Crippen LogP contribution is -2.50. The Morgan fingerprint density at radius 3 is 2.65 bits per heavy atom. The predicted octanol–water partition coefficient (Wildman–Crippen LogP) is 6.24. The van der Waals surface area contributed by atoms with Crippen molar-refractivity contribution < 1.29 is 9.90 Å². The monoisotopic (exact) mass is 429 g/mol. The first-order valence-corrected chi connectivity index (χ1v) is 13.3. The van der Waals surface area contributed by atoms with Crippen LogP contribution in [0.2, 0.25) is 0 Å². The summed E-state index contributed by atoms with van der Waals surface area (Å²) in [4.78, 5) is 11.2. The van der Waals surface area contributed by atoms with Gasteiger partial charge in [0.15, 0.2) is 0 Å². The molecule has 0 aromatic heterocycles. The van der Waals surface area contributed by atoms with E-state index in [1.165, 1.54) is 51.4 Å². The highest BCUT2D eigenvalue weighted by Gasteiger charge is 2.59. The molecule has 3 heteroatoms. The van der Waals surface area contributed by atoms with Gasteiger partial charge in [-0.05, 0) is 97.7 Å². The van der Waals surface area contributed by atoms with Crippen LogP contribution in [0, 0.1) is 46.3 Å². The number of hydrogen-bond acceptors (Lipinski definition) is 2. The Hall–Kier alpha value is -0.830. The second kappa shape index (κ2) is 8.84. The summed E-state index contributed by atoms with van der Waals surface area (Å²) in [6, 6.07) is 0. The van der Waals surface area contributed by atoms with Gasteiger partial charge in [-0.25, -0.2) is 0 Å². The molecule has 1 amide bonds. The predicted molar refractivity (Wildman–Crippen MR) is 127 cm³/mol. The van der Waals surface area contributed by atoms with Gasteiger partial charge in [0.05, 0.1) is 6.10 Å². The Morgan fingerprint density at radius 2 is 1.90 bits per heavy atom. The van der Waals surface area contributed by atoms with E-state index in [1.54, 1.807) is 5.57 Å². The maximum atomic E-state index is 11.2. The van der Waals surface area contributed by atoms with Crippen LogP contribution >= 0.6 is 0 Å². The molecule has 1 unspecified atom stereocenters. The number of aliphatic hydroxyl groups is 1. The lowest BCUT2D eigenvalue weighted by atomic mass is 9.47. The van der Waals surface area contributed by atoms with Gasteiger partial charge in [0, 0.05) is 6.42 Å². The minimum atomic E-state index is -0.158. The topological polar surface area (TPSA) is 63.3 Å². The molecule has 0 spiro atoms. The largest absolute Gasteiger partial charge is 0.393 e. The van der Waals surface area contributed by atoms with Crippen molar-refractivity contribution in [3.63, 3.8) is 0 Å². The minimum Gasteiger partial charge on any atom is -0.393 e. The van der Waals surface area contributed by atoms with E-state index in [9.17, 15) is 9.90 Å². The molecule has 0 heterocycles. The fraction of sp³-hybridized carbons (Fsp3) is 0.893. The molecule has 0 aromatic rings. The Morgan fingerprint density at radius 1 is 1.13 bits per heavy atom. The van der Waals surface area contributed by atoms with Crippen molar-refractivity contribution in [1.82, 2.24) is 0 Å². The minimum absolute atomic E-state index is 0.105. The summed E-state index contributed by atoms with van der Waals surface area (Å²) in [5.41, 5.74) is 7.82. The van der Waals surface area contributed by atoms with Gasteiger partial charge < -0.3 is 10.8 Å². The fourth-order valence-corrected chi connectivity index (χ4v) is 9.05. The molecule has 4 rings (SSSR count). The molecule has 0 saturated heterocycles. The fourth-order valence-electron chi connectivity index (χ4n) is 9.05. The average molecular weight is 430 g/mol. The first-order valence-electron chi connectivity index (χ1n) is 13.3. The standard InChI is InChI=1S/C28H47NO2/c1-18(16-26(29)31)6-5-7-19(2)23-10-11-24-22-9-8-20-17-21(30)12-14-27(20,3)25(22)13-15-28(23,24)4/h8,18-19,21-25,30H,5-7,9-17H2,1-4H3,(H2,29,31)/t18?,19-,21-,22+,23-,24+,25+,27+,28-/m1/s1. The summed E-state index contributed by atoms with van der Waals surface area (Å²) >= 11 is 0. The van der Waals surface area contributed by atoms with E-state index in [1.807, 2.05) is 0 Å². The second-order valence-electron chi connectivity index (χ2n) is 12.6. The van der Waals surface area contributed by atoms with E-state index in [2.05, 4.69) is 33.8 Å². The number of primary amides is 1. The van der Waals surface area contributed by atoms with Crippen LogP contribution < -0.4 is 5.73 Å². The highest BCUT2D eigenvalue weighted by molar-refractivity contribution is 5.73. The molecular weight excluding hydrogens is 382 g/mol. The zero-order valence-electron chi connectivity index (χ0n) is 20.5. The van der Waals surface area contributed by atoms with Crippen LogP contribution in [0.15, 0.2) is 11.6 Å². The molecule has 4 aliphatic rings. The van der Waals surface area contributed by atoms with Gasteiger partial charge in [0.2, 0.25) is 5.91 Å². The molecular formula is C28H47NO2. The summed E-state index contributed by atoms with van der Waals surface area (Å²) in [5.74, 6) is 4.48. The third kappa shape index (κ3) is 4.25. The number of fused-ring (bicyclic) bond motifs is 5. The van der Waals surface area contributed by atoms with Crippen molar-refractivity contribution in [3.05, 3.63) is 11.6 Å². The van der Waals surface area contributed by atoms with E-state index >= 15 is 0 Å². The van der Waals surface area contributed by atoms with E-state index in [4.69, 9.17) is 5.73 Å². The molecule has 4 aliphatic carbocycles. The lowest BCUT2D eigenvalue weighted by Gasteiger charge is -2.58. The van der Waals surface area contributed by atoms with Gasteiger partial charge in [-0.2, -0.15) is 0 Å². The van der Waals surface area contributed by atoms with Crippen LogP contribution in [0.4, 0.5) is 0 Å². The third-order valence-corrected chi connectivity index (χ3v) is 10.7. The number of hydrogen-bond donors (Lipinski definition) is 2. The van der Waals surface area contributed by atoms with Crippen LogP contribution in [-0.2, 0) is 4.79 Å². The van der Waals surface area contributed by atoms with E-state index in [0.29, 0.717) is 23.2 Å². The third-order valence-electron chi connectivity index (χ3n) is 10.7.